The molecule has 1 aliphatic rings. The molecule has 0 bridgehead atoms. The Morgan fingerprint density at radius 1 is 1.50 bits per heavy atom. The van der Waals surface area contributed by atoms with Crippen LogP contribution in [-0.4, -0.2) is 60.8 Å². The number of nitrogens with one attached hydrogen (secondary N) is 2. The number of nitrogens with zero attached hydrogens (tertiary/aromatic N) is 2. The predicted molar refractivity (Wildman–Crippen MR) is 84.9 cm³/mol. The minimum Gasteiger partial charge on any atom is -0.318 e. The summed E-state index contributed by atoms with van der Waals surface area (Å²) in [5.41, 5.74) is 0. The molecule has 114 valence electrons. The molecular formula is C11H20N4O2S3. The second-order valence-corrected chi connectivity index (χ2v) is 8.79. The molecule has 20 heavy (non-hydrogen) atoms. The fourth-order valence-electron chi connectivity index (χ4n) is 1.77. The Balaban J connectivity index is 1.90. The van der Waals surface area contributed by atoms with Crippen molar-refractivity contribution < 1.29 is 8.42 Å². The maximum absolute atomic E-state index is 12.2. The zero-order valence-electron chi connectivity index (χ0n) is 11.4. The van der Waals surface area contributed by atoms with Crippen molar-refractivity contribution >= 4 is 33.5 Å². The predicted octanol–water partition coefficient (Wildman–Crippen LogP) is 0.229. The Bertz CT molecular complexity index is 511. The van der Waals surface area contributed by atoms with Crippen molar-refractivity contribution in [3.8, 4) is 0 Å². The van der Waals surface area contributed by atoms with Gasteiger partial charge in [-0.25, -0.2) is 13.1 Å². The molecule has 2 heterocycles. The highest BCUT2D eigenvalue weighted by Gasteiger charge is 2.20. The smallest absolute Gasteiger partial charge is 0.243 e. The van der Waals surface area contributed by atoms with Crippen molar-refractivity contribution in [2.24, 2.45) is 0 Å². The number of aromatic nitrogens is 2. The fourth-order valence-corrected chi connectivity index (χ4v) is 5.52. The normalized spacial score (nSPS) is 20.1. The summed E-state index contributed by atoms with van der Waals surface area (Å²) in [4.78, 5) is 0.238. The van der Waals surface area contributed by atoms with Gasteiger partial charge in [-0.1, -0.05) is 0 Å². The van der Waals surface area contributed by atoms with Gasteiger partial charge >= 0.3 is 0 Å². The van der Waals surface area contributed by atoms with Crippen LogP contribution in [0.2, 0.25) is 0 Å². The van der Waals surface area contributed by atoms with Gasteiger partial charge in [0.15, 0.2) is 0 Å². The number of sulfonamides is 1. The van der Waals surface area contributed by atoms with Crippen LogP contribution in [0.25, 0.3) is 0 Å². The van der Waals surface area contributed by atoms with E-state index < -0.39 is 10.0 Å². The summed E-state index contributed by atoms with van der Waals surface area (Å²) in [6, 6.07) is 0. The standard InChI is InChI=1S/C11H20N4O2S3/c1-12-2-3-15-8-11(7-13-15)20(16,17)14-6-10-9-18-4-5-19-10/h7-8,10,12,14H,2-6,9H2,1H3. The number of likely N-dealkylation sites (N-methyl/N-ethyl adjacent to an activating group) is 1. The minimum atomic E-state index is -3.44. The molecule has 0 saturated carbocycles. The van der Waals surface area contributed by atoms with Gasteiger partial charge in [0.1, 0.15) is 4.90 Å². The van der Waals surface area contributed by atoms with E-state index >= 15 is 0 Å². The lowest BCUT2D eigenvalue weighted by atomic mass is 10.5. The highest BCUT2D eigenvalue weighted by atomic mass is 32.2. The van der Waals surface area contributed by atoms with Crippen molar-refractivity contribution in [3.63, 3.8) is 0 Å². The molecule has 2 rings (SSSR count). The molecule has 0 radical (unpaired) electrons. The van der Waals surface area contributed by atoms with Crippen LogP contribution in [0.3, 0.4) is 0 Å². The molecule has 1 fully saturated rings. The molecule has 6 nitrogen and oxygen atoms in total. The summed E-state index contributed by atoms with van der Waals surface area (Å²) < 4.78 is 28.7. The van der Waals surface area contributed by atoms with Gasteiger partial charge in [0.25, 0.3) is 0 Å². The summed E-state index contributed by atoms with van der Waals surface area (Å²) in [6.45, 7) is 1.90. The molecule has 1 saturated heterocycles. The van der Waals surface area contributed by atoms with Crippen LogP contribution < -0.4 is 10.0 Å². The molecule has 1 unspecified atom stereocenters. The molecular weight excluding hydrogens is 316 g/mol. The van der Waals surface area contributed by atoms with Crippen molar-refractivity contribution in [3.05, 3.63) is 12.4 Å². The Morgan fingerprint density at radius 2 is 2.35 bits per heavy atom. The van der Waals surface area contributed by atoms with Crippen LogP contribution in [-0.2, 0) is 16.6 Å². The molecule has 9 heteroatoms. The Hall–Kier alpha value is -0.220. The monoisotopic (exact) mass is 336 g/mol. The average molecular weight is 337 g/mol. The SMILES string of the molecule is CNCCn1cc(S(=O)(=O)NCC2CSCCS2)cn1. The molecule has 0 aromatic carbocycles. The molecule has 0 aliphatic carbocycles. The summed E-state index contributed by atoms with van der Waals surface area (Å²) in [6.07, 6.45) is 2.98. The van der Waals surface area contributed by atoms with Crippen molar-refractivity contribution in [2.75, 3.05) is 37.4 Å². The molecule has 1 aromatic rings. The van der Waals surface area contributed by atoms with Crippen molar-refractivity contribution in [1.82, 2.24) is 19.8 Å². The summed E-state index contributed by atoms with van der Waals surface area (Å²) in [5.74, 6) is 3.26. The lowest BCUT2D eigenvalue weighted by Gasteiger charge is -2.20. The highest BCUT2D eigenvalue weighted by molar-refractivity contribution is 8.06. The van der Waals surface area contributed by atoms with Gasteiger partial charge in [0.2, 0.25) is 10.0 Å². The van der Waals surface area contributed by atoms with Crippen molar-refractivity contribution in [2.45, 2.75) is 16.7 Å². The van der Waals surface area contributed by atoms with E-state index in [2.05, 4.69) is 15.1 Å². The Kier molecular flexibility index (Phi) is 6.21. The first kappa shape index (κ1) is 16.2. The van der Waals surface area contributed by atoms with Gasteiger partial charge in [0.05, 0.1) is 12.7 Å². The maximum Gasteiger partial charge on any atom is 0.243 e. The number of rotatable bonds is 7. The minimum absolute atomic E-state index is 0.238. The first-order valence-corrected chi connectivity index (χ1v) is 10.2. The fraction of sp³-hybridized carbons (Fsp3) is 0.727. The van der Waals surface area contributed by atoms with E-state index in [4.69, 9.17) is 0 Å². The third-order valence-corrected chi connectivity index (χ3v) is 7.12. The van der Waals surface area contributed by atoms with Gasteiger partial charge < -0.3 is 5.32 Å². The highest BCUT2D eigenvalue weighted by Crippen LogP contribution is 2.23. The third-order valence-electron chi connectivity index (χ3n) is 2.90. The summed E-state index contributed by atoms with van der Waals surface area (Å²) in [5, 5.41) is 7.43. The van der Waals surface area contributed by atoms with Crippen LogP contribution in [0, 0.1) is 0 Å². The topological polar surface area (TPSA) is 76.0 Å². The van der Waals surface area contributed by atoms with E-state index in [-0.39, 0.29) is 4.90 Å². The Labute approximate surface area is 128 Å². The second kappa shape index (κ2) is 7.69. The van der Waals surface area contributed by atoms with Crippen molar-refractivity contribution in [1.29, 1.82) is 0 Å². The zero-order valence-corrected chi connectivity index (χ0v) is 13.9. The third kappa shape index (κ3) is 4.66. The van der Waals surface area contributed by atoms with Gasteiger partial charge in [-0.15, -0.1) is 0 Å². The number of thioether (sulfide) groups is 2. The number of hydrogen-bond donors (Lipinski definition) is 2. The quantitative estimate of drug-likeness (QED) is 0.742. The molecule has 0 amide bonds. The average Bonchev–Trinajstić information content (AvgIpc) is 2.94. The first-order valence-electron chi connectivity index (χ1n) is 6.48. The van der Waals surface area contributed by atoms with E-state index in [9.17, 15) is 8.42 Å². The zero-order chi connectivity index (χ0) is 14.4. The van der Waals surface area contributed by atoms with E-state index in [0.29, 0.717) is 18.3 Å². The van der Waals surface area contributed by atoms with Gasteiger partial charge in [-0.2, -0.15) is 28.6 Å². The second-order valence-electron chi connectivity index (χ2n) is 4.46. The lowest BCUT2D eigenvalue weighted by Crippen LogP contribution is -2.33. The van der Waals surface area contributed by atoms with Crippen LogP contribution >= 0.6 is 23.5 Å². The molecule has 1 aliphatic heterocycles. The van der Waals surface area contributed by atoms with Gasteiger partial charge in [-0.05, 0) is 7.05 Å². The van der Waals surface area contributed by atoms with Crippen LogP contribution in [0.4, 0.5) is 0 Å². The summed E-state index contributed by atoms with van der Waals surface area (Å²) >= 11 is 3.72. The van der Waals surface area contributed by atoms with Crippen LogP contribution in [0.1, 0.15) is 0 Å². The first-order chi connectivity index (χ1) is 9.62. The largest absolute Gasteiger partial charge is 0.318 e. The molecule has 1 atom stereocenters. The van der Waals surface area contributed by atoms with E-state index in [0.717, 1.165) is 23.8 Å². The van der Waals surface area contributed by atoms with E-state index in [1.165, 1.54) is 6.20 Å². The maximum atomic E-state index is 12.2. The molecule has 2 N–H and O–H groups in total. The Morgan fingerprint density at radius 3 is 3.05 bits per heavy atom. The van der Waals surface area contributed by atoms with Gasteiger partial charge in [0, 0.05) is 41.8 Å². The molecule has 1 aromatic heterocycles. The summed E-state index contributed by atoms with van der Waals surface area (Å²) in [7, 11) is -1.59. The van der Waals surface area contributed by atoms with Crippen LogP contribution in [0.15, 0.2) is 17.3 Å². The van der Waals surface area contributed by atoms with E-state index in [1.807, 2.05) is 30.6 Å². The van der Waals surface area contributed by atoms with Crippen LogP contribution in [0.5, 0.6) is 0 Å². The lowest BCUT2D eigenvalue weighted by molar-refractivity contribution is 0.576. The molecule has 0 spiro atoms. The van der Waals surface area contributed by atoms with E-state index in [1.54, 1.807) is 10.9 Å². The number of hydrogen-bond acceptors (Lipinski definition) is 6. The van der Waals surface area contributed by atoms with Gasteiger partial charge in [-0.3, -0.25) is 4.68 Å².